The number of Topliss-reactive ketones (excluding diaryl/α,β-unsaturated/α-hetero) is 1. The SMILES string of the molecule is CN(C)c1ccc(C=CC(=O)CC(=O)CCc2ccc(O)cc2)c2ccccc12. The molecule has 0 atom stereocenters. The van der Waals surface area contributed by atoms with Gasteiger partial charge in [0.1, 0.15) is 11.5 Å². The molecule has 0 aliphatic carbocycles. The molecule has 0 heterocycles. The maximum atomic E-state index is 12.2. The summed E-state index contributed by atoms with van der Waals surface area (Å²) in [5.41, 5.74) is 3.04. The minimum Gasteiger partial charge on any atom is -0.508 e. The quantitative estimate of drug-likeness (QED) is 0.446. The van der Waals surface area contributed by atoms with Crippen molar-refractivity contribution >= 4 is 34.1 Å². The fourth-order valence-electron chi connectivity index (χ4n) is 3.31. The third kappa shape index (κ3) is 5.32. The van der Waals surface area contributed by atoms with Crippen LogP contribution in [0.3, 0.4) is 0 Å². The van der Waals surface area contributed by atoms with Crippen LogP contribution in [0.2, 0.25) is 0 Å². The summed E-state index contributed by atoms with van der Waals surface area (Å²) in [6.07, 6.45) is 4.06. The molecular formula is C25H25NO3. The van der Waals surface area contributed by atoms with E-state index in [4.69, 9.17) is 0 Å². The summed E-state index contributed by atoms with van der Waals surface area (Å²) in [5, 5.41) is 11.5. The average Bonchev–Trinajstić information content (AvgIpc) is 2.71. The number of rotatable bonds is 8. The van der Waals surface area contributed by atoms with E-state index in [-0.39, 0.29) is 23.7 Å². The van der Waals surface area contributed by atoms with Gasteiger partial charge in [-0.2, -0.15) is 0 Å². The predicted molar refractivity (Wildman–Crippen MR) is 118 cm³/mol. The van der Waals surface area contributed by atoms with Gasteiger partial charge in [-0.25, -0.2) is 0 Å². The number of carbonyl (C=O) groups is 2. The molecule has 0 aliphatic heterocycles. The van der Waals surface area contributed by atoms with E-state index >= 15 is 0 Å². The van der Waals surface area contributed by atoms with Crippen molar-refractivity contribution in [2.24, 2.45) is 0 Å². The zero-order valence-electron chi connectivity index (χ0n) is 16.8. The molecule has 0 aliphatic rings. The lowest BCUT2D eigenvalue weighted by molar-refractivity contribution is -0.124. The molecule has 0 fully saturated rings. The summed E-state index contributed by atoms with van der Waals surface area (Å²) in [6, 6.07) is 18.9. The molecule has 148 valence electrons. The molecule has 0 radical (unpaired) electrons. The number of nitrogens with zero attached hydrogens (tertiary/aromatic N) is 1. The van der Waals surface area contributed by atoms with Crippen LogP contribution in [-0.2, 0) is 16.0 Å². The van der Waals surface area contributed by atoms with Crippen molar-refractivity contribution in [3.63, 3.8) is 0 Å². The Balaban J connectivity index is 1.64. The monoisotopic (exact) mass is 387 g/mol. The highest BCUT2D eigenvalue weighted by Crippen LogP contribution is 2.29. The maximum absolute atomic E-state index is 12.2. The summed E-state index contributed by atoms with van der Waals surface area (Å²) in [4.78, 5) is 26.4. The lowest BCUT2D eigenvalue weighted by Gasteiger charge is -2.16. The van der Waals surface area contributed by atoms with Gasteiger partial charge in [-0.3, -0.25) is 9.59 Å². The standard InChI is InChI=1S/C25H25NO3/c1-26(2)25-16-11-19(23-5-3-4-6-24(23)25)10-15-22(29)17-21(28)14-9-18-7-12-20(27)13-8-18/h3-8,10-13,15-16,27H,9,14,17H2,1-2H3. The van der Waals surface area contributed by atoms with Crippen LogP contribution < -0.4 is 4.90 Å². The maximum Gasteiger partial charge on any atom is 0.163 e. The van der Waals surface area contributed by atoms with E-state index in [9.17, 15) is 14.7 Å². The van der Waals surface area contributed by atoms with Crippen LogP contribution in [0.25, 0.3) is 16.8 Å². The first-order valence-electron chi connectivity index (χ1n) is 9.63. The molecule has 3 aromatic carbocycles. The van der Waals surface area contributed by atoms with Gasteiger partial charge in [0.05, 0.1) is 6.42 Å². The predicted octanol–water partition coefficient (Wildman–Crippen LogP) is 4.79. The summed E-state index contributed by atoms with van der Waals surface area (Å²) in [7, 11) is 4.01. The highest BCUT2D eigenvalue weighted by Gasteiger charge is 2.09. The van der Waals surface area contributed by atoms with Crippen LogP contribution in [0, 0.1) is 0 Å². The smallest absolute Gasteiger partial charge is 0.163 e. The highest BCUT2D eigenvalue weighted by molar-refractivity contribution is 6.07. The van der Waals surface area contributed by atoms with Gasteiger partial charge < -0.3 is 10.0 Å². The summed E-state index contributed by atoms with van der Waals surface area (Å²) >= 11 is 0. The number of hydrogen-bond acceptors (Lipinski definition) is 4. The fourth-order valence-corrected chi connectivity index (χ4v) is 3.31. The Morgan fingerprint density at radius 3 is 2.31 bits per heavy atom. The lowest BCUT2D eigenvalue weighted by atomic mass is 10.0. The minimum absolute atomic E-state index is 0.0828. The molecule has 0 spiro atoms. The average molecular weight is 387 g/mol. The summed E-state index contributed by atoms with van der Waals surface area (Å²) in [5.74, 6) is -0.0754. The summed E-state index contributed by atoms with van der Waals surface area (Å²) in [6.45, 7) is 0. The molecule has 29 heavy (non-hydrogen) atoms. The third-order valence-electron chi connectivity index (χ3n) is 4.87. The molecule has 0 saturated heterocycles. The fraction of sp³-hybridized carbons (Fsp3) is 0.200. The van der Waals surface area contributed by atoms with Crippen molar-refractivity contribution in [2.45, 2.75) is 19.3 Å². The van der Waals surface area contributed by atoms with E-state index in [0.717, 1.165) is 27.6 Å². The number of anilines is 1. The molecule has 0 aromatic heterocycles. The number of fused-ring (bicyclic) bond motifs is 1. The largest absolute Gasteiger partial charge is 0.508 e. The van der Waals surface area contributed by atoms with Gasteiger partial charge in [-0.15, -0.1) is 0 Å². The minimum atomic E-state index is -0.193. The Labute approximate surface area is 171 Å². The molecule has 3 aromatic rings. The van der Waals surface area contributed by atoms with E-state index in [1.54, 1.807) is 30.3 Å². The van der Waals surface area contributed by atoms with E-state index in [0.29, 0.717) is 12.8 Å². The topological polar surface area (TPSA) is 57.6 Å². The molecule has 0 unspecified atom stereocenters. The van der Waals surface area contributed by atoms with Crippen LogP contribution >= 0.6 is 0 Å². The van der Waals surface area contributed by atoms with Crippen molar-refractivity contribution in [3.8, 4) is 5.75 Å². The zero-order valence-corrected chi connectivity index (χ0v) is 16.8. The number of carbonyl (C=O) groups excluding carboxylic acids is 2. The van der Waals surface area contributed by atoms with Crippen molar-refractivity contribution in [1.29, 1.82) is 0 Å². The normalized spacial score (nSPS) is 11.1. The first kappa shape index (κ1) is 20.3. The van der Waals surface area contributed by atoms with Gasteiger partial charge >= 0.3 is 0 Å². The number of benzene rings is 3. The number of phenols is 1. The highest BCUT2D eigenvalue weighted by atomic mass is 16.3. The van der Waals surface area contributed by atoms with Gasteiger partial charge in [0, 0.05) is 31.6 Å². The molecule has 1 N–H and O–H groups in total. The first-order chi connectivity index (χ1) is 13.9. The molecule has 0 amide bonds. The van der Waals surface area contributed by atoms with Gasteiger partial charge in [-0.1, -0.05) is 48.5 Å². The van der Waals surface area contributed by atoms with Crippen molar-refractivity contribution in [1.82, 2.24) is 0 Å². The van der Waals surface area contributed by atoms with Gasteiger partial charge in [-0.05, 0) is 47.2 Å². The summed E-state index contributed by atoms with van der Waals surface area (Å²) < 4.78 is 0. The number of aromatic hydroxyl groups is 1. The second kappa shape index (κ2) is 9.20. The van der Waals surface area contributed by atoms with E-state index in [1.807, 2.05) is 44.4 Å². The third-order valence-corrected chi connectivity index (χ3v) is 4.87. The van der Waals surface area contributed by atoms with Gasteiger partial charge in [0.2, 0.25) is 0 Å². The molecule has 4 nitrogen and oxygen atoms in total. The second-order valence-electron chi connectivity index (χ2n) is 7.30. The number of phenolic OH excluding ortho intramolecular Hbond substituents is 1. The van der Waals surface area contributed by atoms with Crippen LogP contribution in [0.5, 0.6) is 5.75 Å². The Morgan fingerprint density at radius 1 is 0.931 bits per heavy atom. The van der Waals surface area contributed by atoms with Crippen molar-refractivity contribution in [3.05, 3.63) is 77.9 Å². The zero-order chi connectivity index (χ0) is 20.8. The van der Waals surface area contributed by atoms with Crippen LogP contribution in [0.15, 0.2) is 66.7 Å². The van der Waals surface area contributed by atoms with E-state index in [1.165, 1.54) is 6.08 Å². The molecular weight excluding hydrogens is 362 g/mol. The Morgan fingerprint density at radius 2 is 1.62 bits per heavy atom. The number of aryl methyl sites for hydroxylation is 1. The van der Waals surface area contributed by atoms with Crippen LogP contribution in [0.1, 0.15) is 24.0 Å². The van der Waals surface area contributed by atoms with Crippen molar-refractivity contribution in [2.75, 3.05) is 19.0 Å². The molecule has 0 bridgehead atoms. The number of ketones is 2. The van der Waals surface area contributed by atoms with Crippen LogP contribution in [-0.4, -0.2) is 30.8 Å². The number of hydrogen-bond donors (Lipinski definition) is 1. The second-order valence-corrected chi connectivity index (χ2v) is 7.30. The van der Waals surface area contributed by atoms with Crippen LogP contribution in [0.4, 0.5) is 5.69 Å². The molecule has 4 heteroatoms. The van der Waals surface area contributed by atoms with E-state index in [2.05, 4.69) is 11.0 Å². The molecule has 0 saturated carbocycles. The first-order valence-corrected chi connectivity index (χ1v) is 9.63. The van der Waals surface area contributed by atoms with Gasteiger partial charge in [0.25, 0.3) is 0 Å². The molecule has 3 rings (SSSR count). The van der Waals surface area contributed by atoms with Gasteiger partial charge in [0.15, 0.2) is 5.78 Å². The lowest BCUT2D eigenvalue weighted by Crippen LogP contribution is -2.09. The number of allylic oxidation sites excluding steroid dienone is 1. The Bertz CT molecular complexity index is 1050. The Hall–Kier alpha value is -3.40. The Kier molecular flexibility index (Phi) is 6.45. The van der Waals surface area contributed by atoms with Crippen molar-refractivity contribution < 1.29 is 14.7 Å². The van der Waals surface area contributed by atoms with E-state index < -0.39 is 0 Å².